The fourth-order valence-electron chi connectivity index (χ4n) is 2.45. The molecule has 26 heavy (non-hydrogen) atoms. The molecule has 1 unspecified atom stereocenters. The summed E-state index contributed by atoms with van der Waals surface area (Å²) >= 11 is 0. The van der Waals surface area contributed by atoms with Gasteiger partial charge in [-0.3, -0.25) is 4.79 Å². The van der Waals surface area contributed by atoms with Gasteiger partial charge in [0.2, 0.25) is 0 Å². The molecule has 6 nitrogen and oxygen atoms in total. The molecular weight excluding hydrogens is 328 g/mol. The van der Waals surface area contributed by atoms with E-state index < -0.39 is 0 Å². The summed E-state index contributed by atoms with van der Waals surface area (Å²) in [5, 5.41) is 6.04. The molecule has 3 aromatic rings. The lowest BCUT2D eigenvalue weighted by atomic mass is 10.1. The second-order valence-corrected chi connectivity index (χ2v) is 5.75. The molecule has 2 aromatic carbocycles. The maximum atomic E-state index is 12.3. The molecule has 0 bridgehead atoms. The van der Waals surface area contributed by atoms with Gasteiger partial charge >= 0.3 is 0 Å². The number of carbonyl (C=O) groups is 1. The molecule has 132 valence electrons. The summed E-state index contributed by atoms with van der Waals surface area (Å²) in [5.41, 5.74) is 2.13. The van der Waals surface area contributed by atoms with Gasteiger partial charge in [-0.1, -0.05) is 36.4 Å². The molecule has 0 saturated heterocycles. The van der Waals surface area contributed by atoms with Crippen LogP contribution in [0.2, 0.25) is 0 Å². The number of methoxy groups -OCH3 is 1. The van der Waals surface area contributed by atoms with Gasteiger partial charge in [-0.05, 0) is 24.6 Å². The summed E-state index contributed by atoms with van der Waals surface area (Å²) in [4.78, 5) is 20.8. The Kier molecular flexibility index (Phi) is 5.43. The third kappa shape index (κ3) is 4.36. The third-order valence-corrected chi connectivity index (χ3v) is 3.87. The summed E-state index contributed by atoms with van der Waals surface area (Å²) in [6.07, 6.45) is 2.98. The van der Waals surface area contributed by atoms with Crippen LogP contribution in [0.15, 0.2) is 67.0 Å². The van der Waals surface area contributed by atoms with E-state index >= 15 is 0 Å². The first-order chi connectivity index (χ1) is 12.7. The van der Waals surface area contributed by atoms with E-state index in [-0.39, 0.29) is 17.6 Å². The molecule has 6 heteroatoms. The Hall–Kier alpha value is -3.41. The Morgan fingerprint density at radius 1 is 1.04 bits per heavy atom. The SMILES string of the molecule is COc1cccc(Nc2cnc(C(=O)NC(C)c3ccccc3)cn2)c1. The van der Waals surface area contributed by atoms with E-state index in [9.17, 15) is 4.79 Å². The minimum atomic E-state index is -0.262. The molecule has 0 spiro atoms. The summed E-state index contributed by atoms with van der Waals surface area (Å²) < 4.78 is 5.19. The van der Waals surface area contributed by atoms with Crippen molar-refractivity contribution in [2.45, 2.75) is 13.0 Å². The number of nitrogens with zero attached hydrogens (tertiary/aromatic N) is 2. The van der Waals surface area contributed by atoms with E-state index in [0.717, 1.165) is 17.0 Å². The number of benzene rings is 2. The fourth-order valence-corrected chi connectivity index (χ4v) is 2.45. The lowest BCUT2D eigenvalue weighted by Gasteiger charge is -2.14. The molecular formula is C20H20N4O2. The van der Waals surface area contributed by atoms with Crippen LogP contribution in [0.1, 0.15) is 29.0 Å². The van der Waals surface area contributed by atoms with Crippen molar-refractivity contribution in [1.29, 1.82) is 0 Å². The summed E-state index contributed by atoms with van der Waals surface area (Å²) in [6, 6.07) is 17.1. The number of nitrogens with one attached hydrogen (secondary N) is 2. The first-order valence-corrected chi connectivity index (χ1v) is 8.24. The Balaban J connectivity index is 1.64. The zero-order chi connectivity index (χ0) is 18.4. The molecule has 3 rings (SSSR count). The van der Waals surface area contributed by atoms with Crippen LogP contribution < -0.4 is 15.4 Å². The van der Waals surface area contributed by atoms with E-state index in [1.807, 2.05) is 61.5 Å². The van der Waals surface area contributed by atoms with Gasteiger partial charge in [-0.25, -0.2) is 9.97 Å². The molecule has 0 fully saturated rings. The highest BCUT2D eigenvalue weighted by molar-refractivity contribution is 5.92. The van der Waals surface area contributed by atoms with E-state index in [4.69, 9.17) is 4.74 Å². The van der Waals surface area contributed by atoms with E-state index in [0.29, 0.717) is 5.82 Å². The fraction of sp³-hybridized carbons (Fsp3) is 0.150. The van der Waals surface area contributed by atoms with Crippen molar-refractivity contribution < 1.29 is 9.53 Å². The number of anilines is 2. The van der Waals surface area contributed by atoms with E-state index in [1.165, 1.54) is 12.4 Å². The van der Waals surface area contributed by atoms with Gasteiger partial charge < -0.3 is 15.4 Å². The smallest absolute Gasteiger partial charge is 0.271 e. The number of carbonyl (C=O) groups excluding carboxylic acids is 1. The average Bonchev–Trinajstić information content (AvgIpc) is 2.69. The second kappa shape index (κ2) is 8.11. The Morgan fingerprint density at radius 2 is 1.85 bits per heavy atom. The molecule has 1 amide bonds. The van der Waals surface area contributed by atoms with Gasteiger partial charge in [0.25, 0.3) is 5.91 Å². The van der Waals surface area contributed by atoms with Crippen molar-refractivity contribution in [3.63, 3.8) is 0 Å². The second-order valence-electron chi connectivity index (χ2n) is 5.75. The molecule has 0 aliphatic heterocycles. The predicted octanol–water partition coefficient (Wildman–Crippen LogP) is 3.72. The Bertz CT molecular complexity index is 866. The highest BCUT2D eigenvalue weighted by Gasteiger charge is 2.13. The van der Waals surface area contributed by atoms with Gasteiger partial charge in [-0.15, -0.1) is 0 Å². The predicted molar refractivity (Wildman–Crippen MR) is 101 cm³/mol. The summed E-state index contributed by atoms with van der Waals surface area (Å²) in [6.45, 7) is 1.93. The van der Waals surface area contributed by atoms with Crippen LogP contribution in [0.5, 0.6) is 5.75 Å². The normalized spacial score (nSPS) is 11.5. The third-order valence-electron chi connectivity index (χ3n) is 3.87. The molecule has 1 aromatic heterocycles. The average molecular weight is 348 g/mol. The standard InChI is InChI=1S/C20H20N4O2/c1-14(15-7-4-3-5-8-15)23-20(25)18-12-22-19(13-21-18)24-16-9-6-10-17(11-16)26-2/h3-14H,1-2H3,(H,22,24)(H,23,25). The van der Waals surface area contributed by atoms with Gasteiger partial charge in [0.15, 0.2) is 0 Å². The van der Waals surface area contributed by atoms with E-state index in [1.54, 1.807) is 7.11 Å². The van der Waals surface area contributed by atoms with Crippen LogP contribution in [0.3, 0.4) is 0 Å². The monoisotopic (exact) mass is 348 g/mol. The van der Waals surface area contributed by atoms with Crippen LogP contribution in [0.4, 0.5) is 11.5 Å². The van der Waals surface area contributed by atoms with Crippen LogP contribution in [-0.4, -0.2) is 23.0 Å². The largest absolute Gasteiger partial charge is 0.497 e. The van der Waals surface area contributed by atoms with Crippen molar-refractivity contribution in [1.82, 2.24) is 15.3 Å². The zero-order valence-corrected chi connectivity index (χ0v) is 14.6. The van der Waals surface area contributed by atoms with Crippen LogP contribution >= 0.6 is 0 Å². The summed E-state index contributed by atoms with van der Waals surface area (Å²) in [5.74, 6) is 1.03. The number of aromatic nitrogens is 2. The minimum Gasteiger partial charge on any atom is -0.497 e. The lowest BCUT2D eigenvalue weighted by molar-refractivity contribution is 0.0934. The van der Waals surface area contributed by atoms with Gasteiger partial charge in [0, 0.05) is 11.8 Å². The zero-order valence-electron chi connectivity index (χ0n) is 14.6. The number of ether oxygens (including phenoxy) is 1. The van der Waals surface area contributed by atoms with Crippen LogP contribution in [0.25, 0.3) is 0 Å². The van der Waals surface area contributed by atoms with E-state index in [2.05, 4.69) is 20.6 Å². The number of hydrogen-bond donors (Lipinski definition) is 2. The molecule has 0 saturated carbocycles. The Labute approximate surface area is 152 Å². The molecule has 2 N–H and O–H groups in total. The van der Waals surface area contributed by atoms with Crippen molar-refractivity contribution in [2.24, 2.45) is 0 Å². The first-order valence-electron chi connectivity index (χ1n) is 8.24. The van der Waals surface area contributed by atoms with Gasteiger partial charge in [0.05, 0.1) is 25.5 Å². The molecule has 1 heterocycles. The quantitative estimate of drug-likeness (QED) is 0.710. The highest BCUT2D eigenvalue weighted by atomic mass is 16.5. The summed E-state index contributed by atoms with van der Waals surface area (Å²) in [7, 11) is 1.61. The van der Waals surface area contributed by atoms with Crippen LogP contribution in [-0.2, 0) is 0 Å². The van der Waals surface area contributed by atoms with Crippen molar-refractivity contribution in [3.05, 3.63) is 78.2 Å². The maximum absolute atomic E-state index is 12.3. The number of amides is 1. The molecule has 0 radical (unpaired) electrons. The van der Waals surface area contributed by atoms with Crippen molar-refractivity contribution in [2.75, 3.05) is 12.4 Å². The topological polar surface area (TPSA) is 76.1 Å². The maximum Gasteiger partial charge on any atom is 0.271 e. The van der Waals surface area contributed by atoms with Crippen molar-refractivity contribution in [3.8, 4) is 5.75 Å². The highest BCUT2D eigenvalue weighted by Crippen LogP contribution is 2.19. The van der Waals surface area contributed by atoms with Crippen LogP contribution in [0, 0.1) is 0 Å². The van der Waals surface area contributed by atoms with Gasteiger partial charge in [0.1, 0.15) is 17.3 Å². The Morgan fingerprint density at radius 3 is 2.54 bits per heavy atom. The van der Waals surface area contributed by atoms with Crippen molar-refractivity contribution >= 4 is 17.4 Å². The molecule has 1 atom stereocenters. The van der Waals surface area contributed by atoms with Gasteiger partial charge in [-0.2, -0.15) is 0 Å². The minimum absolute atomic E-state index is 0.111. The first kappa shape index (κ1) is 17.4. The lowest BCUT2D eigenvalue weighted by Crippen LogP contribution is -2.27. The number of hydrogen-bond acceptors (Lipinski definition) is 5. The number of rotatable bonds is 6. The molecule has 0 aliphatic rings. The molecule has 0 aliphatic carbocycles.